The Labute approximate surface area is 199 Å². The molecule has 176 valence electrons. The molecule has 0 aromatic heterocycles. The fourth-order valence-corrected chi connectivity index (χ4v) is 4.76. The van der Waals surface area contributed by atoms with Gasteiger partial charge in [0, 0.05) is 26.1 Å². The second-order valence-corrected chi connectivity index (χ2v) is 10.5. The summed E-state index contributed by atoms with van der Waals surface area (Å²) in [5.41, 5.74) is 4.19. The predicted molar refractivity (Wildman–Crippen MR) is 136 cm³/mol. The third kappa shape index (κ3) is 6.13. The van der Waals surface area contributed by atoms with E-state index in [0.717, 1.165) is 0 Å². The number of carbonyl (C=O) groups is 2. The van der Waals surface area contributed by atoms with Gasteiger partial charge in [-0.05, 0) is 53.9 Å². The molecule has 3 rings (SSSR count). The minimum absolute atomic E-state index is 0.0422. The summed E-state index contributed by atoms with van der Waals surface area (Å²) in [6, 6.07) is 16.8. The van der Waals surface area contributed by atoms with Crippen molar-refractivity contribution in [3.8, 4) is 11.1 Å². The minimum atomic E-state index is -0.541. The molecule has 1 N–H and O–H groups in total. The Morgan fingerprint density at radius 3 is 2.24 bits per heavy atom. The molecular weight excluding hydrogens is 408 g/mol. The molecule has 4 nitrogen and oxygen atoms in total. The lowest BCUT2D eigenvalue weighted by Gasteiger charge is -2.41. The molecule has 0 unspecified atom stereocenters. The Morgan fingerprint density at radius 2 is 1.64 bits per heavy atom. The van der Waals surface area contributed by atoms with Crippen molar-refractivity contribution in [2.75, 3.05) is 19.6 Å². The van der Waals surface area contributed by atoms with Crippen molar-refractivity contribution < 1.29 is 9.59 Å². The number of nitrogens with one attached hydrogen (secondary N) is 1. The molecule has 1 aliphatic rings. The Balaban J connectivity index is 1.88. The lowest BCUT2D eigenvalue weighted by atomic mass is 9.71. The van der Waals surface area contributed by atoms with Crippen LogP contribution in [-0.4, -0.2) is 36.3 Å². The average molecular weight is 447 g/mol. The van der Waals surface area contributed by atoms with Crippen LogP contribution in [0.4, 0.5) is 0 Å². The first-order valence-corrected chi connectivity index (χ1v) is 12.0. The van der Waals surface area contributed by atoms with Gasteiger partial charge in [-0.1, -0.05) is 75.4 Å². The summed E-state index contributed by atoms with van der Waals surface area (Å²) < 4.78 is 0. The van der Waals surface area contributed by atoms with E-state index in [1.165, 1.54) is 22.3 Å². The van der Waals surface area contributed by atoms with Crippen molar-refractivity contribution in [3.05, 3.63) is 72.3 Å². The standard InChI is InChI=1S/C29H38N2O2/c1-6-17-30-27(33)29(15-18-31(19-16-29)26(32)21-28(3,4)5)20-23-12-8-10-14-25(23)24-13-9-7-11-22(24)2/h6-14H,1,15-21H2,2-5H3,(H,30,33). The second kappa shape index (κ2) is 10.4. The molecule has 1 aliphatic heterocycles. The van der Waals surface area contributed by atoms with Crippen molar-refractivity contribution in [1.82, 2.24) is 10.2 Å². The summed E-state index contributed by atoms with van der Waals surface area (Å²) >= 11 is 0. The van der Waals surface area contributed by atoms with Gasteiger partial charge in [-0.15, -0.1) is 6.58 Å². The fraction of sp³-hybridized carbons (Fsp3) is 0.448. The van der Waals surface area contributed by atoms with Crippen molar-refractivity contribution >= 4 is 11.8 Å². The Hall–Kier alpha value is -2.88. The van der Waals surface area contributed by atoms with Crippen LogP contribution in [0.3, 0.4) is 0 Å². The van der Waals surface area contributed by atoms with Gasteiger partial charge in [0.15, 0.2) is 0 Å². The number of aryl methyl sites for hydroxylation is 1. The van der Waals surface area contributed by atoms with E-state index in [1.807, 2.05) is 4.90 Å². The maximum atomic E-state index is 13.4. The molecule has 0 bridgehead atoms. The van der Waals surface area contributed by atoms with E-state index >= 15 is 0 Å². The van der Waals surface area contributed by atoms with Gasteiger partial charge in [-0.2, -0.15) is 0 Å². The van der Waals surface area contributed by atoms with Crippen LogP contribution in [0.5, 0.6) is 0 Å². The molecule has 1 saturated heterocycles. The number of rotatable bonds is 7. The SMILES string of the molecule is C=CCNC(=O)C1(Cc2ccccc2-c2ccccc2C)CCN(C(=O)CC(C)(C)C)CC1. The van der Waals surface area contributed by atoms with Crippen LogP contribution < -0.4 is 5.32 Å². The average Bonchev–Trinajstić information content (AvgIpc) is 2.77. The number of carbonyl (C=O) groups excluding carboxylic acids is 2. The van der Waals surface area contributed by atoms with E-state index < -0.39 is 5.41 Å². The van der Waals surface area contributed by atoms with Gasteiger partial charge >= 0.3 is 0 Å². The fourth-order valence-electron chi connectivity index (χ4n) is 4.76. The monoisotopic (exact) mass is 446 g/mol. The van der Waals surface area contributed by atoms with Crippen molar-refractivity contribution in [3.63, 3.8) is 0 Å². The smallest absolute Gasteiger partial charge is 0.226 e. The summed E-state index contributed by atoms with van der Waals surface area (Å²) in [7, 11) is 0. The molecule has 1 fully saturated rings. The van der Waals surface area contributed by atoms with Gasteiger partial charge in [0.05, 0.1) is 5.41 Å². The molecule has 0 aliphatic carbocycles. The molecule has 2 amide bonds. The van der Waals surface area contributed by atoms with Gasteiger partial charge in [0.2, 0.25) is 11.8 Å². The summed E-state index contributed by atoms with van der Waals surface area (Å²) in [4.78, 5) is 28.2. The quantitative estimate of drug-likeness (QED) is 0.567. The highest BCUT2D eigenvalue weighted by Gasteiger charge is 2.42. The molecule has 0 spiro atoms. The van der Waals surface area contributed by atoms with Crippen LogP contribution in [-0.2, 0) is 16.0 Å². The first kappa shape index (κ1) is 24.8. The minimum Gasteiger partial charge on any atom is -0.352 e. The Kier molecular flexibility index (Phi) is 7.78. The summed E-state index contributed by atoms with van der Waals surface area (Å²) in [6.45, 7) is 13.8. The number of hydrogen-bond acceptors (Lipinski definition) is 2. The third-order valence-electron chi connectivity index (χ3n) is 6.62. The number of hydrogen-bond donors (Lipinski definition) is 1. The first-order valence-electron chi connectivity index (χ1n) is 12.0. The Bertz CT molecular complexity index is 995. The zero-order valence-electron chi connectivity index (χ0n) is 20.6. The number of piperidine rings is 1. The highest BCUT2D eigenvalue weighted by molar-refractivity contribution is 5.84. The van der Waals surface area contributed by atoms with E-state index in [4.69, 9.17) is 0 Å². The van der Waals surface area contributed by atoms with Crippen molar-refractivity contribution in [2.45, 2.75) is 53.4 Å². The number of likely N-dealkylation sites (tertiary alicyclic amines) is 1. The van der Waals surface area contributed by atoms with Gasteiger partial charge in [0.25, 0.3) is 0 Å². The number of nitrogens with zero attached hydrogens (tertiary/aromatic N) is 1. The molecule has 0 radical (unpaired) electrons. The van der Waals surface area contributed by atoms with E-state index in [2.05, 4.69) is 88.1 Å². The van der Waals surface area contributed by atoms with Crippen LogP contribution >= 0.6 is 0 Å². The highest BCUT2D eigenvalue weighted by atomic mass is 16.2. The highest BCUT2D eigenvalue weighted by Crippen LogP contribution is 2.39. The molecule has 4 heteroatoms. The largest absolute Gasteiger partial charge is 0.352 e. The van der Waals surface area contributed by atoms with E-state index in [9.17, 15) is 9.59 Å². The van der Waals surface area contributed by atoms with Crippen LogP contribution in [0.2, 0.25) is 0 Å². The van der Waals surface area contributed by atoms with Crippen molar-refractivity contribution in [2.24, 2.45) is 10.8 Å². The molecule has 33 heavy (non-hydrogen) atoms. The molecular formula is C29H38N2O2. The topological polar surface area (TPSA) is 49.4 Å². The second-order valence-electron chi connectivity index (χ2n) is 10.5. The van der Waals surface area contributed by atoms with Gasteiger partial charge in [0.1, 0.15) is 0 Å². The first-order chi connectivity index (χ1) is 15.6. The van der Waals surface area contributed by atoms with Crippen molar-refractivity contribution in [1.29, 1.82) is 0 Å². The molecule has 0 atom stereocenters. The van der Waals surface area contributed by atoms with Crippen LogP contribution in [0, 0.1) is 17.8 Å². The van der Waals surface area contributed by atoms with Crippen LogP contribution in [0.1, 0.15) is 51.2 Å². The maximum absolute atomic E-state index is 13.4. The van der Waals surface area contributed by atoms with Gasteiger partial charge in [-0.25, -0.2) is 0 Å². The predicted octanol–water partition coefficient (Wildman–Crippen LogP) is 5.55. The lowest BCUT2D eigenvalue weighted by molar-refractivity contribution is -0.141. The third-order valence-corrected chi connectivity index (χ3v) is 6.62. The van der Waals surface area contributed by atoms with Gasteiger partial charge < -0.3 is 10.2 Å². The number of amides is 2. The van der Waals surface area contributed by atoms with Crippen LogP contribution in [0.15, 0.2) is 61.2 Å². The van der Waals surface area contributed by atoms with E-state index in [0.29, 0.717) is 45.3 Å². The van der Waals surface area contributed by atoms with Gasteiger partial charge in [-0.3, -0.25) is 9.59 Å². The summed E-state index contributed by atoms with van der Waals surface area (Å²) in [6.07, 6.45) is 4.22. The Morgan fingerprint density at radius 1 is 1.03 bits per heavy atom. The normalized spacial score (nSPS) is 15.7. The molecule has 2 aromatic rings. The number of benzene rings is 2. The maximum Gasteiger partial charge on any atom is 0.226 e. The lowest BCUT2D eigenvalue weighted by Crippen LogP contribution is -2.51. The molecule has 0 saturated carbocycles. The molecule has 2 aromatic carbocycles. The van der Waals surface area contributed by atoms with E-state index in [1.54, 1.807) is 6.08 Å². The van der Waals surface area contributed by atoms with E-state index in [-0.39, 0.29) is 17.2 Å². The zero-order valence-corrected chi connectivity index (χ0v) is 20.6. The van der Waals surface area contributed by atoms with Crippen LogP contribution in [0.25, 0.3) is 11.1 Å². The molecule has 1 heterocycles. The summed E-state index contributed by atoms with van der Waals surface area (Å²) in [5.74, 6) is 0.243. The zero-order chi connectivity index (χ0) is 24.1. The summed E-state index contributed by atoms with van der Waals surface area (Å²) in [5, 5.41) is 3.06.